The number of aromatic nitrogens is 5. The highest BCUT2D eigenvalue weighted by Crippen LogP contribution is 2.17. The maximum absolute atomic E-state index is 12.8. The van der Waals surface area contributed by atoms with Gasteiger partial charge in [-0.2, -0.15) is 5.10 Å². The molecule has 0 atom stereocenters. The van der Waals surface area contributed by atoms with E-state index in [0.717, 1.165) is 5.56 Å². The van der Waals surface area contributed by atoms with Gasteiger partial charge in [0.25, 0.3) is 5.91 Å². The summed E-state index contributed by atoms with van der Waals surface area (Å²) in [5, 5.41) is 7.23. The van der Waals surface area contributed by atoms with Crippen LogP contribution in [-0.4, -0.2) is 67.5 Å². The second-order valence-electron chi connectivity index (χ2n) is 8.09. The lowest BCUT2D eigenvalue weighted by Gasteiger charge is -2.34. The molecule has 4 heterocycles. The number of carbonyl (C=O) groups excluding carboxylic acids is 2. The Morgan fingerprint density at radius 2 is 1.65 bits per heavy atom. The van der Waals surface area contributed by atoms with Gasteiger partial charge in [0, 0.05) is 56.7 Å². The minimum absolute atomic E-state index is 0.0819. The van der Waals surface area contributed by atoms with Crippen molar-refractivity contribution in [3.63, 3.8) is 0 Å². The summed E-state index contributed by atoms with van der Waals surface area (Å²) < 4.78 is 1.59. The van der Waals surface area contributed by atoms with Crippen LogP contribution in [0.3, 0.4) is 0 Å². The fourth-order valence-electron chi connectivity index (χ4n) is 4.06. The maximum Gasteiger partial charge on any atom is 0.261 e. The van der Waals surface area contributed by atoms with Crippen LogP contribution in [0.15, 0.2) is 61.2 Å². The number of hydrogen-bond donors (Lipinski definition) is 1. The molecule has 2 amide bonds. The van der Waals surface area contributed by atoms with Crippen LogP contribution in [0.25, 0.3) is 5.65 Å². The second kappa shape index (κ2) is 9.26. The molecule has 0 saturated carbocycles. The SMILES string of the molecule is Cc1nn2cccnc2c1C(=O)Nc1ccc(CC(=O)N2CCN(c3ncccn3)CC2)cc1. The van der Waals surface area contributed by atoms with Crippen molar-refractivity contribution >= 4 is 29.1 Å². The van der Waals surface area contributed by atoms with Gasteiger partial charge in [-0.05, 0) is 36.8 Å². The second-order valence-corrected chi connectivity index (χ2v) is 8.09. The minimum Gasteiger partial charge on any atom is -0.339 e. The first-order chi connectivity index (χ1) is 16.6. The van der Waals surface area contributed by atoms with Gasteiger partial charge in [0.2, 0.25) is 11.9 Å². The molecule has 172 valence electrons. The number of fused-ring (bicyclic) bond motifs is 1. The van der Waals surface area contributed by atoms with Crippen molar-refractivity contribution in [2.75, 3.05) is 36.4 Å². The largest absolute Gasteiger partial charge is 0.339 e. The van der Waals surface area contributed by atoms with Crippen LogP contribution in [0.4, 0.5) is 11.6 Å². The van der Waals surface area contributed by atoms with Crippen LogP contribution in [0.1, 0.15) is 21.6 Å². The van der Waals surface area contributed by atoms with Gasteiger partial charge in [0.15, 0.2) is 5.65 Å². The summed E-state index contributed by atoms with van der Waals surface area (Å²) in [5.41, 5.74) is 3.11. The molecule has 34 heavy (non-hydrogen) atoms. The highest BCUT2D eigenvalue weighted by molar-refractivity contribution is 6.09. The lowest BCUT2D eigenvalue weighted by molar-refractivity contribution is -0.130. The van der Waals surface area contributed by atoms with Gasteiger partial charge in [0.05, 0.1) is 12.1 Å². The average molecular weight is 457 g/mol. The molecule has 10 heteroatoms. The van der Waals surface area contributed by atoms with Crippen molar-refractivity contribution in [3.05, 3.63) is 78.0 Å². The van der Waals surface area contributed by atoms with E-state index < -0.39 is 0 Å². The molecule has 1 aliphatic heterocycles. The van der Waals surface area contributed by atoms with Crippen LogP contribution in [-0.2, 0) is 11.2 Å². The van der Waals surface area contributed by atoms with Crippen LogP contribution in [0, 0.1) is 6.92 Å². The van der Waals surface area contributed by atoms with Crippen LogP contribution in [0.5, 0.6) is 0 Å². The number of nitrogens with zero attached hydrogens (tertiary/aromatic N) is 7. The Morgan fingerprint density at radius 3 is 2.38 bits per heavy atom. The van der Waals surface area contributed by atoms with Crippen molar-refractivity contribution in [3.8, 4) is 0 Å². The Kier molecular flexibility index (Phi) is 5.86. The molecular formula is C24H24N8O2. The fourth-order valence-corrected chi connectivity index (χ4v) is 4.06. The molecule has 3 aromatic heterocycles. The molecule has 4 aromatic rings. The molecule has 1 saturated heterocycles. The van der Waals surface area contributed by atoms with Crippen molar-refractivity contribution in [2.45, 2.75) is 13.3 Å². The summed E-state index contributed by atoms with van der Waals surface area (Å²) in [5.74, 6) is 0.510. The molecule has 10 nitrogen and oxygen atoms in total. The quantitative estimate of drug-likeness (QED) is 0.489. The van der Waals surface area contributed by atoms with E-state index in [1.54, 1.807) is 60.5 Å². The molecule has 0 bridgehead atoms. The summed E-state index contributed by atoms with van der Waals surface area (Å²) in [6.07, 6.45) is 7.15. The zero-order valence-electron chi connectivity index (χ0n) is 18.8. The van der Waals surface area contributed by atoms with E-state index in [0.29, 0.717) is 61.1 Å². The first-order valence-electron chi connectivity index (χ1n) is 11.1. The Labute approximate surface area is 196 Å². The average Bonchev–Trinajstić information content (AvgIpc) is 3.21. The van der Waals surface area contributed by atoms with E-state index in [-0.39, 0.29) is 11.8 Å². The Morgan fingerprint density at radius 1 is 0.941 bits per heavy atom. The predicted molar refractivity (Wildman–Crippen MR) is 127 cm³/mol. The smallest absolute Gasteiger partial charge is 0.261 e. The molecule has 0 unspecified atom stereocenters. The number of amides is 2. The first-order valence-corrected chi connectivity index (χ1v) is 11.1. The van der Waals surface area contributed by atoms with Crippen molar-refractivity contribution in [2.24, 2.45) is 0 Å². The number of benzene rings is 1. The molecule has 1 aromatic carbocycles. The molecule has 0 aliphatic carbocycles. The molecule has 5 rings (SSSR count). The molecule has 0 spiro atoms. The number of piperazine rings is 1. The summed E-state index contributed by atoms with van der Waals surface area (Å²) in [4.78, 5) is 42.4. The van der Waals surface area contributed by atoms with Gasteiger partial charge in [-0.25, -0.2) is 19.5 Å². The summed E-state index contributed by atoms with van der Waals surface area (Å²) in [6, 6.07) is 10.9. The Bertz CT molecular complexity index is 1310. The van der Waals surface area contributed by atoms with Gasteiger partial charge in [0.1, 0.15) is 5.56 Å². The monoisotopic (exact) mass is 456 g/mol. The third kappa shape index (κ3) is 4.42. The highest BCUT2D eigenvalue weighted by atomic mass is 16.2. The maximum atomic E-state index is 12.8. The van der Waals surface area contributed by atoms with Gasteiger partial charge in [-0.1, -0.05) is 12.1 Å². The third-order valence-electron chi connectivity index (χ3n) is 5.83. The zero-order valence-corrected chi connectivity index (χ0v) is 18.8. The van der Waals surface area contributed by atoms with Crippen molar-refractivity contribution < 1.29 is 9.59 Å². The van der Waals surface area contributed by atoms with Crippen molar-refractivity contribution in [1.29, 1.82) is 0 Å². The van der Waals surface area contributed by atoms with Crippen LogP contribution >= 0.6 is 0 Å². The number of rotatable bonds is 5. The first kappa shape index (κ1) is 21.5. The fraction of sp³-hybridized carbons (Fsp3) is 0.250. The van der Waals surface area contributed by atoms with Crippen molar-refractivity contribution in [1.82, 2.24) is 29.5 Å². The standard InChI is InChI=1S/C24H24N8O2/c1-17-21(22-25-10-3-11-32(22)29-17)23(34)28-19-6-4-18(5-7-19)16-20(33)30-12-14-31(15-13-30)24-26-8-2-9-27-24/h2-11H,12-16H2,1H3,(H,28,34). The van der Waals surface area contributed by atoms with E-state index in [2.05, 4.69) is 30.3 Å². The number of aryl methyl sites for hydroxylation is 1. The van der Waals surface area contributed by atoms with Crippen LogP contribution < -0.4 is 10.2 Å². The number of carbonyl (C=O) groups is 2. The molecular weight excluding hydrogens is 432 g/mol. The third-order valence-corrected chi connectivity index (χ3v) is 5.83. The normalized spacial score (nSPS) is 13.8. The van der Waals surface area contributed by atoms with E-state index in [1.165, 1.54) is 0 Å². The Balaban J connectivity index is 1.17. The zero-order chi connectivity index (χ0) is 23.5. The van der Waals surface area contributed by atoms with E-state index in [9.17, 15) is 9.59 Å². The van der Waals surface area contributed by atoms with Crippen LogP contribution in [0.2, 0.25) is 0 Å². The minimum atomic E-state index is -0.268. The molecule has 1 fully saturated rings. The molecule has 1 aliphatic rings. The van der Waals surface area contributed by atoms with Gasteiger partial charge >= 0.3 is 0 Å². The summed E-state index contributed by atoms with van der Waals surface area (Å²) in [6.45, 7) is 4.47. The lowest BCUT2D eigenvalue weighted by Crippen LogP contribution is -2.49. The molecule has 0 radical (unpaired) electrons. The van der Waals surface area contributed by atoms with Gasteiger partial charge < -0.3 is 15.1 Å². The lowest BCUT2D eigenvalue weighted by atomic mass is 10.1. The molecule has 1 N–H and O–H groups in total. The number of nitrogens with one attached hydrogen (secondary N) is 1. The Hall–Kier alpha value is -4.34. The van der Waals surface area contributed by atoms with Gasteiger partial charge in [-0.15, -0.1) is 0 Å². The number of hydrogen-bond acceptors (Lipinski definition) is 7. The van der Waals surface area contributed by atoms with E-state index in [4.69, 9.17) is 0 Å². The number of anilines is 2. The topological polar surface area (TPSA) is 109 Å². The van der Waals surface area contributed by atoms with E-state index in [1.807, 2.05) is 17.0 Å². The van der Waals surface area contributed by atoms with E-state index >= 15 is 0 Å². The van der Waals surface area contributed by atoms with Gasteiger partial charge in [-0.3, -0.25) is 9.59 Å². The highest BCUT2D eigenvalue weighted by Gasteiger charge is 2.23. The summed E-state index contributed by atoms with van der Waals surface area (Å²) in [7, 11) is 0. The predicted octanol–water partition coefficient (Wildman–Crippen LogP) is 1.97. The summed E-state index contributed by atoms with van der Waals surface area (Å²) >= 11 is 0.